The van der Waals surface area contributed by atoms with E-state index < -0.39 is 0 Å². The van der Waals surface area contributed by atoms with Crippen LogP contribution < -0.4 is 0 Å². The van der Waals surface area contributed by atoms with Gasteiger partial charge < -0.3 is 5.11 Å². The minimum atomic E-state index is -0.250. The second-order valence-corrected chi connectivity index (χ2v) is 0.183. The Hall–Kier alpha value is -1.04. The van der Waals surface area contributed by atoms with Crippen LogP contribution in [0.1, 0.15) is 0 Å². The van der Waals surface area contributed by atoms with E-state index >= 15 is 0 Å². The average Bonchev–Trinajstić information content (AvgIpc) is 0.918. The van der Waals surface area contributed by atoms with E-state index in [2.05, 4.69) is 6.92 Å². The molecule has 0 aromatic rings. The molecule has 2 radical (unpaired) electrons. The van der Waals surface area contributed by atoms with Crippen LogP contribution in [0.25, 0.3) is 0 Å². The third-order valence-corrected chi connectivity index (χ3v) is 0. The van der Waals surface area contributed by atoms with Gasteiger partial charge in [0.1, 0.15) is 0 Å². The van der Waals surface area contributed by atoms with Crippen LogP contribution in [0, 0.1) is 6.92 Å². The topological polar surface area (TPSA) is 20.2 Å². The quantitative estimate of drug-likeness (QED) is 0.651. The molecule has 0 aliphatic rings. The van der Waals surface area contributed by atoms with Gasteiger partial charge in [-0.3, -0.25) is 0 Å². The molecule has 1 nitrogen and oxygen atoms in total. The van der Waals surface area contributed by atoms with Crippen LogP contribution >= 0.6 is 0 Å². The molecule has 0 fully saturated rings. The average molecular weight is 311 g/mol. The molecule has 0 saturated carbocycles. The Bertz CT molecular complexity index is 6.00. The zero-order valence-electron chi connectivity index (χ0n) is 2.44. The molecule has 0 atom stereocenters. The van der Waals surface area contributed by atoms with Gasteiger partial charge >= 0.3 is 0 Å². The Morgan fingerprint density at radius 2 is 1.75 bits per heavy atom. The molecule has 0 spiro atoms. The SMILES string of the molecule is [CH]CO.[Rf]. The maximum Gasteiger partial charge on any atom is 0.0466 e. The van der Waals surface area contributed by atoms with Crippen LogP contribution in [0.2, 0.25) is 0 Å². The summed E-state index contributed by atoms with van der Waals surface area (Å²) in [6.07, 6.45) is 0. The number of aliphatic hydroxyl groups excluding tert-OH is 1. The molecular formula is C2H4ORf. The summed E-state index contributed by atoms with van der Waals surface area (Å²) in [6.45, 7) is 4.15. The minimum Gasteiger partial charge on any atom is -0.396 e. The molecule has 4 heavy (non-hydrogen) atoms. The normalized spacial score (nSPS) is 4.50. The largest absolute Gasteiger partial charge is 0.396 e. The van der Waals surface area contributed by atoms with Crippen LogP contribution in [0.3, 0.4) is 0 Å². The van der Waals surface area contributed by atoms with Gasteiger partial charge in [0.25, 0.3) is 0 Å². The van der Waals surface area contributed by atoms with E-state index in [1.807, 2.05) is 0 Å². The zero-order valence-corrected chi connectivity index (χ0v) is 8.84. The first kappa shape index (κ1) is 12.3. The maximum absolute atomic E-state index is 7.35. The molecule has 0 aromatic carbocycles. The molecule has 2 heteroatoms. The van der Waals surface area contributed by atoms with Crippen LogP contribution in [0.15, 0.2) is 0 Å². The van der Waals surface area contributed by atoms with Crippen molar-refractivity contribution in [3.63, 3.8) is 0 Å². The Labute approximate surface area is 19.9 Å². The molecular weight excluding hydrogens is 307 g/mol. The van der Waals surface area contributed by atoms with E-state index in [-0.39, 0.29) is 6.61 Å². The fourth-order valence-electron chi connectivity index (χ4n) is 0. The summed E-state index contributed by atoms with van der Waals surface area (Å²) in [5.41, 5.74) is 0. The molecule has 0 amide bonds. The summed E-state index contributed by atoms with van der Waals surface area (Å²) in [7, 11) is 0. The fourth-order valence-corrected chi connectivity index (χ4v) is 0. The van der Waals surface area contributed by atoms with Gasteiger partial charge in [0.15, 0.2) is 0 Å². The Balaban J connectivity index is 0. The van der Waals surface area contributed by atoms with Crippen molar-refractivity contribution in [2.75, 3.05) is 6.61 Å². The van der Waals surface area contributed by atoms with Gasteiger partial charge in [0, 0.05) is 6.61 Å². The van der Waals surface area contributed by atoms with E-state index in [4.69, 9.17) is 5.11 Å². The van der Waals surface area contributed by atoms with Crippen molar-refractivity contribution >= 4 is 0 Å². The van der Waals surface area contributed by atoms with Gasteiger partial charge in [-0.25, -0.2) is 0 Å². The fraction of sp³-hybridized carbons (Fsp3) is 0.500. The van der Waals surface area contributed by atoms with Crippen molar-refractivity contribution in [2.24, 2.45) is 0 Å². The summed E-state index contributed by atoms with van der Waals surface area (Å²) < 4.78 is 0. The van der Waals surface area contributed by atoms with Gasteiger partial charge in [-0.05, 0) is 6.92 Å². The van der Waals surface area contributed by atoms with Gasteiger partial charge in [-0.15, -0.1) is 0 Å². The number of rotatable bonds is 0. The van der Waals surface area contributed by atoms with Crippen LogP contribution in [-0.4, -0.2) is 11.7 Å². The molecule has 1 N–H and O–H groups in total. The third kappa shape index (κ3) is 0.00142. The molecule has 0 aliphatic carbocycles. The zero-order chi connectivity index (χ0) is 2.71. The number of hydrogen-bond donors (Lipinski definition) is 1. The van der Waals surface area contributed by atoms with E-state index in [1.54, 1.807) is 0 Å². The van der Waals surface area contributed by atoms with Crippen molar-refractivity contribution in [1.29, 1.82) is 0 Å². The molecule has 0 saturated heterocycles. The van der Waals surface area contributed by atoms with Gasteiger partial charge in [0.05, 0.1) is 0 Å². The van der Waals surface area contributed by atoms with Crippen molar-refractivity contribution in [3.05, 3.63) is 6.92 Å². The van der Waals surface area contributed by atoms with Crippen LogP contribution in [0.5, 0.6) is 0 Å². The Morgan fingerprint density at radius 3 is 1.75 bits per heavy atom. The Kier molecular flexibility index (Phi) is 3480. The molecule has 0 heterocycles. The van der Waals surface area contributed by atoms with E-state index in [0.29, 0.717) is 0 Å². The van der Waals surface area contributed by atoms with Crippen LogP contribution in [0.4, 0.5) is 0 Å². The standard InChI is InChI=1S/C2H4O.Rf/c1-2-3;/h1,3H,2H2;. The number of aliphatic hydroxyl groups is 1. The molecule has 0 rings (SSSR count). The van der Waals surface area contributed by atoms with Crippen molar-refractivity contribution < 1.29 is 5.11 Å². The molecule has 0 bridgehead atoms. The summed E-state index contributed by atoms with van der Waals surface area (Å²) in [5, 5.41) is 7.35. The summed E-state index contributed by atoms with van der Waals surface area (Å²) in [6, 6.07) is 0. The van der Waals surface area contributed by atoms with E-state index in [0.717, 1.165) is 0 Å². The third-order valence-electron chi connectivity index (χ3n) is 0. The van der Waals surface area contributed by atoms with Crippen molar-refractivity contribution in [3.8, 4) is 0 Å². The van der Waals surface area contributed by atoms with E-state index in [9.17, 15) is 0 Å². The molecule has 0 unspecified atom stereocenters. The summed E-state index contributed by atoms with van der Waals surface area (Å²) in [5.74, 6) is 0. The molecule has 0 aromatic heterocycles. The smallest absolute Gasteiger partial charge is 0.0466 e. The van der Waals surface area contributed by atoms with Gasteiger partial charge in [-0.1, -0.05) is 0 Å². The van der Waals surface area contributed by atoms with Gasteiger partial charge in [-0.2, -0.15) is 0 Å². The Morgan fingerprint density at radius 1 is 1.75 bits per heavy atom. The molecule has 0 aliphatic heterocycles. The van der Waals surface area contributed by atoms with Crippen molar-refractivity contribution in [1.82, 2.24) is 0 Å². The monoisotopic (exact) mass is 311 g/mol. The predicted octanol–water partition coefficient (Wildman–Crippen LogP) is -0.310. The maximum atomic E-state index is 7.35. The predicted molar refractivity (Wildman–Crippen MR) is 11.4 cm³/mol. The second-order valence-electron chi connectivity index (χ2n) is 0.183. The minimum absolute atomic E-state index is 0. The first-order chi connectivity index (χ1) is 1.41. The van der Waals surface area contributed by atoms with Crippen LogP contribution in [-0.2, 0) is 0 Å². The second kappa shape index (κ2) is 1130. The first-order valence-corrected chi connectivity index (χ1v) is 0.724. The van der Waals surface area contributed by atoms with Crippen molar-refractivity contribution in [2.45, 2.75) is 0 Å². The molecule has 20 valence electrons. The van der Waals surface area contributed by atoms with Gasteiger partial charge in [0.2, 0.25) is 0 Å². The number of hydrogen-bond acceptors (Lipinski definition) is 1. The summed E-state index contributed by atoms with van der Waals surface area (Å²) in [4.78, 5) is 0. The first-order valence-electron chi connectivity index (χ1n) is 0.724. The summed E-state index contributed by atoms with van der Waals surface area (Å²) >= 11 is 0. The van der Waals surface area contributed by atoms with E-state index in [1.165, 1.54) is 0 Å².